The third kappa shape index (κ3) is 3.91. The molecule has 0 amide bonds. The lowest BCUT2D eigenvalue weighted by atomic mass is 9.79. The van der Waals surface area contributed by atoms with Gasteiger partial charge in [0.25, 0.3) is 0 Å². The first-order valence-electron chi connectivity index (χ1n) is 18.4. The highest BCUT2D eigenvalue weighted by Gasteiger charge is 2.37. The smallest absolute Gasteiger partial charge is 0.136 e. The molecule has 12 rings (SSSR count). The molecule has 1 aliphatic rings. The van der Waals surface area contributed by atoms with E-state index in [0.29, 0.717) is 0 Å². The molecule has 2 heteroatoms. The first-order chi connectivity index (χ1) is 26.0. The number of furan rings is 1. The molecule has 0 aliphatic heterocycles. The lowest BCUT2D eigenvalue weighted by Crippen LogP contribution is -2.15. The molecule has 0 bridgehead atoms. The summed E-state index contributed by atoms with van der Waals surface area (Å²) in [6.07, 6.45) is 0. The normalized spacial score (nSPS) is 13.6. The minimum Gasteiger partial charge on any atom is -0.456 e. The van der Waals surface area contributed by atoms with Crippen LogP contribution in [0.4, 0.5) is 0 Å². The minimum atomic E-state index is -0.133. The average Bonchev–Trinajstić information content (AvgIpc) is 3.84. The second kappa shape index (κ2) is 10.4. The first-order valence-corrected chi connectivity index (χ1v) is 19.2. The van der Waals surface area contributed by atoms with E-state index in [2.05, 4.69) is 166 Å². The summed E-state index contributed by atoms with van der Waals surface area (Å²) in [5, 5.41) is 12.8. The van der Waals surface area contributed by atoms with Crippen molar-refractivity contribution in [1.29, 1.82) is 0 Å². The number of fused-ring (bicyclic) bond motifs is 14. The van der Waals surface area contributed by atoms with Gasteiger partial charge >= 0.3 is 0 Å². The molecule has 11 aromatic rings. The van der Waals surface area contributed by atoms with Crippen LogP contribution in [0.25, 0.3) is 108 Å². The van der Waals surface area contributed by atoms with Crippen LogP contribution in [0.15, 0.2) is 162 Å². The van der Waals surface area contributed by atoms with Gasteiger partial charge in [0.15, 0.2) is 0 Å². The van der Waals surface area contributed by atoms with E-state index in [9.17, 15) is 0 Å². The van der Waals surface area contributed by atoms with Gasteiger partial charge in [-0.25, -0.2) is 0 Å². The Morgan fingerprint density at radius 1 is 0.415 bits per heavy atom. The summed E-state index contributed by atoms with van der Waals surface area (Å²) in [4.78, 5) is 0. The van der Waals surface area contributed by atoms with Gasteiger partial charge in [-0.05, 0) is 113 Å². The Hall–Kier alpha value is -6.22. The maximum atomic E-state index is 6.38. The Labute approximate surface area is 310 Å². The van der Waals surface area contributed by atoms with Crippen LogP contribution in [0.1, 0.15) is 25.0 Å². The van der Waals surface area contributed by atoms with Gasteiger partial charge in [-0.3, -0.25) is 0 Å². The van der Waals surface area contributed by atoms with Crippen molar-refractivity contribution in [3.63, 3.8) is 0 Å². The zero-order valence-electron chi connectivity index (χ0n) is 29.3. The zero-order valence-corrected chi connectivity index (χ0v) is 30.1. The predicted molar refractivity (Wildman–Crippen MR) is 228 cm³/mol. The van der Waals surface area contributed by atoms with Crippen molar-refractivity contribution in [2.45, 2.75) is 19.3 Å². The molecule has 1 nitrogen and oxygen atoms in total. The standard InChI is InChI=1S/C51H32OS/c1-51(2)42-25-20-29(27-41(42)39-23-22-37-38(50(39)51)24-26-46-49(37)40-16-8-10-18-45(40)53-46)47-33-12-3-5-14-35(33)48(36-15-6-4-13-34(36)47)30-19-21-32-31-11-7-9-17-43(31)52-44(32)28-30/h3-28H,1-2H3. The van der Waals surface area contributed by atoms with Crippen LogP contribution in [0.2, 0.25) is 0 Å². The van der Waals surface area contributed by atoms with Gasteiger partial charge in [0.1, 0.15) is 11.2 Å². The molecule has 2 heterocycles. The molecule has 0 atom stereocenters. The molecule has 0 radical (unpaired) electrons. The van der Waals surface area contributed by atoms with E-state index in [0.717, 1.165) is 21.9 Å². The molecular weight excluding hydrogens is 661 g/mol. The third-order valence-electron chi connectivity index (χ3n) is 12.0. The Kier molecular flexibility index (Phi) is 5.78. The van der Waals surface area contributed by atoms with Crippen LogP contribution in [0.5, 0.6) is 0 Å². The van der Waals surface area contributed by atoms with E-state index in [1.165, 1.54) is 97.0 Å². The SMILES string of the molecule is CC1(C)c2ccc(-c3c4ccccc4c(-c4ccc5c(c4)oc4ccccc45)c4ccccc34)cc2-c2ccc3c(ccc4sc5ccccc5c43)c21. The average molecular weight is 693 g/mol. The summed E-state index contributed by atoms with van der Waals surface area (Å²) in [6.45, 7) is 4.82. The Morgan fingerprint density at radius 2 is 0.981 bits per heavy atom. The maximum Gasteiger partial charge on any atom is 0.136 e. The van der Waals surface area contributed by atoms with Gasteiger partial charge in [-0.15, -0.1) is 11.3 Å². The highest BCUT2D eigenvalue weighted by atomic mass is 32.1. The summed E-state index contributed by atoms with van der Waals surface area (Å²) >= 11 is 1.89. The first kappa shape index (κ1) is 29.4. The van der Waals surface area contributed by atoms with Crippen LogP contribution in [0, 0.1) is 0 Å². The number of hydrogen-bond acceptors (Lipinski definition) is 2. The summed E-state index contributed by atoms with van der Waals surface area (Å²) in [7, 11) is 0. The third-order valence-corrected chi connectivity index (χ3v) is 13.2. The van der Waals surface area contributed by atoms with Gasteiger partial charge < -0.3 is 4.42 Å². The molecule has 0 fully saturated rings. The van der Waals surface area contributed by atoms with Crippen LogP contribution in [-0.4, -0.2) is 0 Å². The van der Waals surface area contributed by atoms with Gasteiger partial charge in [-0.1, -0.05) is 135 Å². The Morgan fingerprint density at radius 3 is 1.72 bits per heavy atom. The van der Waals surface area contributed by atoms with Gasteiger partial charge in [0.05, 0.1) is 0 Å². The predicted octanol–water partition coefficient (Wildman–Crippen LogP) is 15.1. The van der Waals surface area contributed by atoms with E-state index in [1.807, 2.05) is 17.4 Å². The number of rotatable bonds is 2. The fourth-order valence-corrected chi connectivity index (χ4v) is 10.9. The minimum absolute atomic E-state index is 0.133. The van der Waals surface area contributed by atoms with E-state index in [1.54, 1.807) is 0 Å². The summed E-state index contributed by atoms with van der Waals surface area (Å²) in [5.41, 5.74) is 12.2. The number of para-hydroxylation sites is 1. The molecule has 0 spiro atoms. The fourth-order valence-electron chi connectivity index (χ4n) is 9.76. The number of thiophene rings is 1. The van der Waals surface area contributed by atoms with Crippen molar-refractivity contribution < 1.29 is 4.42 Å². The lowest BCUT2D eigenvalue weighted by Gasteiger charge is -2.23. The van der Waals surface area contributed by atoms with Gasteiger partial charge in [0, 0.05) is 36.4 Å². The monoisotopic (exact) mass is 692 g/mol. The molecule has 0 N–H and O–H groups in total. The molecule has 9 aromatic carbocycles. The molecular formula is C51H32OS. The second-order valence-electron chi connectivity index (χ2n) is 15.2. The maximum absolute atomic E-state index is 6.38. The van der Waals surface area contributed by atoms with E-state index < -0.39 is 0 Å². The van der Waals surface area contributed by atoms with Crippen LogP contribution >= 0.6 is 11.3 Å². The fraction of sp³-hybridized carbons (Fsp3) is 0.0588. The second-order valence-corrected chi connectivity index (χ2v) is 16.2. The van der Waals surface area contributed by atoms with Crippen molar-refractivity contribution in [3.05, 3.63) is 169 Å². The van der Waals surface area contributed by atoms with Gasteiger partial charge in [-0.2, -0.15) is 0 Å². The van der Waals surface area contributed by atoms with Crippen molar-refractivity contribution in [1.82, 2.24) is 0 Å². The Balaban J connectivity index is 1.09. The number of hydrogen-bond donors (Lipinski definition) is 0. The van der Waals surface area contributed by atoms with Crippen molar-refractivity contribution >= 4 is 85.8 Å². The van der Waals surface area contributed by atoms with E-state index in [-0.39, 0.29) is 5.41 Å². The summed E-state index contributed by atoms with van der Waals surface area (Å²) in [6, 6.07) is 58.5. The summed E-state index contributed by atoms with van der Waals surface area (Å²) < 4.78 is 9.09. The van der Waals surface area contributed by atoms with Gasteiger partial charge in [0.2, 0.25) is 0 Å². The molecule has 0 unspecified atom stereocenters. The highest BCUT2D eigenvalue weighted by molar-refractivity contribution is 7.26. The van der Waals surface area contributed by atoms with Crippen LogP contribution in [0.3, 0.4) is 0 Å². The number of benzene rings is 9. The lowest BCUT2D eigenvalue weighted by molar-refractivity contribution is 0.666. The van der Waals surface area contributed by atoms with E-state index in [4.69, 9.17) is 4.42 Å². The quantitative estimate of drug-likeness (QED) is 0.164. The van der Waals surface area contributed by atoms with Crippen molar-refractivity contribution in [3.8, 4) is 33.4 Å². The highest BCUT2D eigenvalue weighted by Crippen LogP contribution is 2.54. The molecule has 0 saturated heterocycles. The van der Waals surface area contributed by atoms with Crippen molar-refractivity contribution in [2.75, 3.05) is 0 Å². The van der Waals surface area contributed by atoms with Crippen LogP contribution < -0.4 is 0 Å². The zero-order chi connectivity index (χ0) is 35.0. The topological polar surface area (TPSA) is 13.1 Å². The van der Waals surface area contributed by atoms with E-state index >= 15 is 0 Å². The largest absolute Gasteiger partial charge is 0.456 e. The molecule has 53 heavy (non-hydrogen) atoms. The summed E-state index contributed by atoms with van der Waals surface area (Å²) in [5.74, 6) is 0. The molecule has 0 saturated carbocycles. The van der Waals surface area contributed by atoms with Crippen LogP contribution in [-0.2, 0) is 5.41 Å². The van der Waals surface area contributed by atoms with Crippen molar-refractivity contribution in [2.24, 2.45) is 0 Å². The molecule has 248 valence electrons. The molecule has 2 aromatic heterocycles. The molecule has 1 aliphatic carbocycles. The Bertz CT molecular complexity index is 3320.